The number of hydrogen-bond acceptors (Lipinski definition) is 3. The zero-order valence-electron chi connectivity index (χ0n) is 8.62. The summed E-state index contributed by atoms with van der Waals surface area (Å²) in [5.74, 6) is -0.482. The minimum absolute atomic E-state index is 0.0133. The van der Waals surface area contributed by atoms with Gasteiger partial charge in [-0.05, 0) is 6.07 Å². The molecular formula is C9H7F3N4O. The van der Waals surface area contributed by atoms with E-state index in [1.165, 1.54) is 13.1 Å². The molecule has 0 aliphatic rings. The number of amides is 1. The van der Waals surface area contributed by atoms with Crippen LogP contribution in [0.25, 0.3) is 5.65 Å². The summed E-state index contributed by atoms with van der Waals surface area (Å²) >= 11 is 0. The number of carbonyl (C=O) groups excluding carboxylic acids is 1. The van der Waals surface area contributed by atoms with E-state index in [9.17, 15) is 18.0 Å². The van der Waals surface area contributed by atoms with Gasteiger partial charge >= 0.3 is 6.18 Å². The molecule has 0 saturated carbocycles. The highest BCUT2D eigenvalue weighted by atomic mass is 19.4. The van der Waals surface area contributed by atoms with Crippen LogP contribution >= 0.6 is 0 Å². The van der Waals surface area contributed by atoms with Crippen LogP contribution in [0, 0.1) is 0 Å². The third kappa shape index (κ3) is 2.05. The number of nitrogens with one attached hydrogen (secondary N) is 1. The van der Waals surface area contributed by atoms with E-state index in [2.05, 4.69) is 15.4 Å². The highest BCUT2D eigenvalue weighted by Crippen LogP contribution is 2.27. The van der Waals surface area contributed by atoms with Crippen LogP contribution in [0.5, 0.6) is 0 Å². The number of aromatic nitrogens is 3. The highest BCUT2D eigenvalue weighted by molar-refractivity contribution is 5.93. The quantitative estimate of drug-likeness (QED) is 0.817. The number of carbonyl (C=O) groups is 1. The highest BCUT2D eigenvalue weighted by Gasteiger charge is 2.32. The van der Waals surface area contributed by atoms with Gasteiger partial charge in [0.05, 0.1) is 0 Å². The smallest absolute Gasteiger partial charge is 0.354 e. The second kappa shape index (κ2) is 3.72. The Morgan fingerprint density at radius 1 is 1.47 bits per heavy atom. The average molecular weight is 244 g/mol. The standard InChI is InChI=1S/C9H7F3N4O/c1-13-8(17)5-4-7-14-6(9(10,11)12)2-3-16(7)15-5/h2-4H,1H3,(H,13,17). The molecule has 90 valence electrons. The molecule has 0 unspecified atom stereocenters. The Morgan fingerprint density at radius 3 is 2.76 bits per heavy atom. The summed E-state index contributed by atoms with van der Waals surface area (Å²) in [4.78, 5) is 14.6. The molecule has 1 N–H and O–H groups in total. The van der Waals surface area contributed by atoms with Crippen molar-refractivity contribution in [2.24, 2.45) is 0 Å². The lowest BCUT2D eigenvalue weighted by Crippen LogP contribution is -2.18. The maximum absolute atomic E-state index is 12.4. The molecular weight excluding hydrogens is 237 g/mol. The molecule has 2 aromatic heterocycles. The summed E-state index contributed by atoms with van der Waals surface area (Å²) in [7, 11) is 1.40. The molecule has 0 fully saturated rings. The molecule has 0 spiro atoms. The summed E-state index contributed by atoms with van der Waals surface area (Å²) in [6.45, 7) is 0. The first-order chi connectivity index (χ1) is 7.91. The molecule has 0 aromatic carbocycles. The lowest BCUT2D eigenvalue weighted by molar-refractivity contribution is -0.141. The van der Waals surface area contributed by atoms with E-state index < -0.39 is 17.8 Å². The van der Waals surface area contributed by atoms with Gasteiger partial charge in [0.25, 0.3) is 5.91 Å². The van der Waals surface area contributed by atoms with E-state index in [1.807, 2.05) is 0 Å². The Balaban J connectivity index is 2.52. The third-order valence-electron chi connectivity index (χ3n) is 2.07. The van der Waals surface area contributed by atoms with Crippen molar-refractivity contribution >= 4 is 11.6 Å². The fraction of sp³-hybridized carbons (Fsp3) is 0.222. The minimum atomic E-state index is -4.51. The van der Waals surface area contributed by atoms with Gasteiger partial charge in [0, 0.05) is 19.3 Å². The van der Waals surface area contributed by atoms with Crippen LogP contribution in [-0.2, 0) is 6.18 Å². The Bertz CT molecular complexity index is 575. The van der Waals surface area contributed by atoms with Gasteiger partial charge in [0.1, 0.15) is 5.69 Å². The fourth-order valence-electron chi connectivity index (χ4n) is 1.28. The lowest BCUT2D eigenvalue weighted by Gasteiger charge is -2.04. The molecule has 5 nitrogen and oxygen atoms in total. The first-order valence-corrected chi connectivity index (χ1v) is 4.57. The van der Waals surface area contributed by atoms with Gasteiger partial charge in [-0.15, -0.1) is 0 Å². The number of fused-ring (bicyclic) bond motifs is 1. The summed E-state index contributed by atoms with van der Waals surface area (Å²) in [6, 6.07) is 1.99. The maximum Gasteiger partial charge on any atom is 0.433 e. The van der Waals surface area contributed by atoms with Crippen molar-refractivity contribution < 1.29 is 18.0 Å². The lowest BCUT2D eigenvalue weighted by atomic mass is 10.4. The van der Waals surface area contributed by atoms with E-state index in [4.69, 9.17) is 0 Å². The van der Waals surface area contributed by atoms with E-state index in [0.29, 0.717) is 0 Å². The summed E-state index contributed by atoms with van der Waals surface area (Å²) in [5, 5.41) is 6.10. The Labute approximate surface area is 93.3 Å². The predicted molar refractivity (Wildman–Crippen MR) is 51.4 cm³/mol. The molecule has 2 heterocycles. The van der Waals surface area contributed by atoms with Crippen LogP contribution in [0.3, 0.4) is 0 Å². The van der Waals surface area contributed by atoms with Gasteiger partial charge in [0.15, 0.2) is 11.3 Å². The van der Waals surface area contributed by atoms with Gasteiger partial charge in [0.2, 0.25) is 0 Å². The molecule has 8 heteroatoms. The van der Waals surface area contributed by atoms with E-state index in [0.717, 1.165) is 16.8 Å². The number of hydrogen-bond donors (Lipinski definition) is 1. The van der Waals surface area contributed by atoms with Crippen molar-refractivity contribution in [3.8, 4) is 0 Å². The summed E-state index contributed by atoms with van der Waals surface area (Å²) in [5.41, 5.74) is -1.04. The van der Waals surface area contributed by atoms with Gasteiger partial charge < -0.3 is 5.32 Å². The first-order valence-electron chi connectivity index (χ1n) is 4.57. The molecule has 0 saturated heterocycles. The molecule has 0 radical (unpaired) electrons. The molecule has 0 aliphatic carbocycles. The number of nitrogens with zero attached hydrogens (tertiary/aromatic N) is 3. The summed E-state index contributed by atoms with van der Waals surface area (Å²) < 4.78 is 38.2. The van der Waals surface area contributed by atoms with Crippen LogP contribution in [0.1, 0.15) is 16.2 Å². The normalized spacial score (nSPS) is 11.8. The van der Waals surface area contributed by atoms with E-state index in [-0.39, 0.29) is 11.3 Å². The van der Waals surface area contributed by atoms with Gasteiger partial charge in [-0.3, -0.25) is 4.79 Å². The number of alkyl halides is 3. The van der Waals surface area contributed by atoms with Gasteiger partial charge in [-0.2, -0.15) is 18.3 Å². The Morgan fingerprint density at radius 2 is 2.18 bits per heavy atom. The number of rotatable bonds is 1. The maximum atomic E-state index is 12.4. The summed E-state index contributed by atoms with van der Waals surface area (Å²) in [6.07, 6.45) is -3.41. The fourth-order valence-corrected chi connectivity index (χ4v) is 1.28. The van der Waals surface area contributed by atoms with Crippen molar-refractivity contribution in [1.29, 1.82) is 0 Å². The van der Waals surface area contributed by atoms with Crippen molar-refractivity contribution in [2.75, 3.05) is 7.05 Å². The average Bonchev–Trinajstić information content (AvgIpc) is 2.69. The largest absolute Gasteiger partial charge is 0.433 e. The molecule has 0 bridgehead atoms. The molecule has 1 amide bonds. The zero-order valence-corrected chi connectivity index (χ0v) is 8.62. The van der Waals surface area contributed by atoms with Crippen molar-refractivity contribution in [2.45, 2.75) is 6.18 Å². The topological polar surface area (TPSA) is 59.3 Å². The van der Waals surface area contributed by atoms with Crippen LogP contribution in [0.2, 0.25) is 0 Å². The molecule has 2 rings (SSSR count). The second-order valence-corrected chi connectivity index (χ2v) is 3.22. The molecule has 17 heavy (non-hydrogen) atoms. The van der Waals surface area contributed by atoms with E-state index >= 15 is 0 Å². The SMILES string of the molecule is CNC(=O)c1cc2nc(C(F)(F)F)ccn2n1. The van der Waals surface area contributed by atoms with Crippen molar-refractivity contribution in [3.05, 3.63) is 29.7 Å². The predicted octanol–water partition coefficient (Wildman–Crippen LogP) is 1.11. The molecule has 0 aliphatic heterocycles. The minimum Gasteiger partial charge on any atom is -0.354 e. The van der Waals surface area contributed by atoms with Crippen molar-refractivity contribution in [1.82, 2.24) is 19.9 Å². The van der Waals surface area contributed by atoms with Crippen molar-refractivity contribution in [3.63, 3.8) is 0 Å². The molecule has 2 aromatic rings. The number of halogens is 3. The zero-order chi connectivity index (χ0) is 12.6. The van der Waals surface area contributed by atoms with Crippen LogP contribution in [0.15, 0.2) is 18.3 Å². The first kappa shape index (κ1) is 11.4. The van der Waals surface area contributed by atoms with Crippen LogP contribution < -0.4 is 5.32 Å². The van der Waals surface area contributed by atoms with Crippen LogP contribution in [0.4, 0.5) is 13.2 Å². The second-order valence-electron chi connectivity index (χ2n) is 3.22. The third-order valence-corrected chi connectivity index (χ3v) is 2.07. The monoisotopic (exact) mass is 244 g/mol. The van der Waals surface area contributed by atoms with E-state index in [1.54, 1.807) is 0 Å². The van der Waals surface area contributed by atoms with Gasteiger partial charge in [-0.25, -0.2) is 9.50 Å². The molecule has 0 atom stereocenters. The van der Waals surface area contributed by atoms with Gasteiger partial charge in [-0.1, -0.05) is 0 Å². The Kier molecular flexibility index (Phi) is 2.49. The van der Waals surface area contributed by atoms with Crippen LogP contribution in [-0.4, -0.2) is 27.6 Å². The Hall–Kier alpha value is -2.12.